The van der Waals surface area contributed by atoms with Gasteiger partial charge in [-0.25, -0.2) is 9.37 Å². The van der Waals surface area contributed by atoms with Crippen LogP contribution in [-0.2, 0) is 4.79 Å². The lowest BCUT2D eigenvalue weighted by Crippen LogP contribution is -2.14. The monoisotopic (exact) mass is 328 g/mol. The molecule has 1 saturated carbocycles. The van der Waals surface area contributed by atoms with Crippen LogP contribution in [0.3, 0.4) is 0 Å². The maximum atomic E-state index is 13.0. The Morgan fingerprint density at radius 2 is 2.13 bits per heavy atom. The number of aromatic nitrogens is 1. The Balaban J connectivity index is 1.49. The van der Waals surface area contributed by atoms with Gasteiger partial charge in [0.1, 0.15) is 22.3 Å². The first-order valence-corrected chi connectivity index (χ1v) is 8.14. The van der Waals surface area contributed by atoms with E-state index in [4.69, 9.17) is 4.42 Å². The van der Waals surface area contributed by atoms with E-state index in [0.29, 0.717) is 10.7 Å². The maximum Gasteiger partial charge on any atom is 0.228 e. The fourth-order valence-electron chi connectivity index (χ4n) is 2.65. The van der Waals surface area contributed by atoms with Gasteiger partial charge in [0, 0.05) is 17.4 Å². The number of carbonyl (C=O) groups excluding carboxylic acids is 1. The van der Waals surface area contributed by atoms with Crippen LogP contribution in [0, 0.1) is 11.7 Å². The van der Waals surface area contributed by atoms with Crippen LogP contribution in [0.1, 0.15) is 18.1 Å². The fraction of sp³-hybridized carbons (Fsp3) is 0.176. The zero-order chi connectivity index (χ0) is 15.8. The Morgan fingerprint density at radius 1 is 1.30 bits per heavy atom. The van der Waals surface area contributed by atoms with E-state index in [1.165, 1.54) is 23.5 Å². The van der Waals surface area contributed by atoms with Crippen LogP contribution in [0.4, 0.5) is 9.39 Å². The Kier molecular flexibility index (Phi) is 3.46. The first-order valence-electron chi connectivity index (χ1n) is 7.26. The van der Waals surface area contributed by atoms with E-state index in [1.807, 2.05) is 12.1 Å². The zero-order valence-corrected chi connectivity index (χ0v) is 12.8. The summed E-state index contributed by atoms with van der Waals surface area (Å²) in [5.41, 5.74) is 3.12. The number of furan rings is 1. The van der Waals surface area contributed by atoms with Crippen LogP contribution in [0.25, 0.3) is 11.3 Å². The fourth-order valence-corrected chi connectivity index (χ4v) is 3.36. The first-order chi connectivity index (χ1) is 11.2. The third-order valence-corrected chi connectivity index (χ3v) is 4.70. The molecular formula is C17H13FN2O2S. The average molecular weight is 328 g/mol. The van der Waals surface area contributed by atoms with Gasteiger partial charge in [-0.15, -0.1) is 11.3 Å². The Morgan fingerprint density at radius 3 is 2.87 bits per heavy atom. The summed E-state index contributed by atoms with van der Waals surface area (Å²) in [5.74, 6) is 0.623. The number of amides is 1. The molecular weight excluding hydrogens is 315 g/mol. The highest BCUT2D eigenvalue weighted by Gasteiger charge is 2.46. The number of hydrogen-bond donors (Lipinski definition) is 1. The molecule has 0 radical (unpaired) electrons. The van der Waals surface area contributed by atoms with Crippen LogP contribution in [0.2, 0.25) is 0 Å². The summed E-state index contributed by atoms with van der Waals surface area (Å²) in [5, 5.41) is 3.63. The molecule has 23 heavy (non-hydrogen) atoms. The summed E-state index contributed by atoms with van der Waals surface area (Å²) < 4.78 is 18.4. The zero-order valence-electron chi connectivity index (χ0n) is 12.0. The average Bonchev–Trinajstić information content (AvgIpc) is 2.97. The van der Waals surface area contributed by atoms with Gasteiger partial charge in [-0.05, 0) is 42.8 Å². The molecule has 2 atom stereocenters. The van der Waals surface area contributed by atoms with Gasteiger partial charge in [-0.1, -0.05) is 0 Å². The predicted molar refractivity (Wildman–Crippen MR) is 85.7 cm³/mol. The minimum absolute atomic E-state index is 0.0287. The smallest absolute Gasteiger partial charge is 0.228 e. The molecule has 4 rings (SSSR count). The standard InChI is InChI=1S/C17H13FN2O2S/c18-11-5-3-10(4-6-11)15-17(23-9-19-15)20-16(21)13-8-12(13)14-2-1-7-22-14/h1-7,9,12-13H,8H2,(H,20,21). The van der Waals surface area contributed by atoms with Crippen LogP contribution in [-0.4, -0.2) is 10.9 Å². The van der Waals surface area contributed by atoms with Gasteiger partial charge < -0.3 is 9.73 Å². The highest BCUT2D eigenvalue weighted by Crippen LogP contribution is 2.48. The molecule has 4 nitrogen and oxygen atoms in total. The third-order valence-electron chi connectivity index (χ3n) is 3.96. The number of rotatable bonds is 4. The Bertz CT molecular complexity index is 827. The maximum absolute atomic E-state index is 13.0. The number of hydrogen-bond acceptors (Lipinski definition) is 4. The topological polar surface area (TPSA) is 55.1 Å². The Labute approximate surface area is 136 Å². The van der Waals surface area contributed by atoms with Crippen LogP contribution in [0.5, 0.6) is 0 Å². The van der Waals surface area contributed by atoms with Gasteiger partial charge in [0.05, 0.1) is 11.8 Å². The molecule has 1 aliphatic rings. The molecule has 1 fully saturated rings. The second-order valence-electron chi connectivity index (χ2n) is 5.49. The highest BCUT2D eigenvalue weighted by atomic mass is 32.1. The van der Waals surface area contributed by atoms with Crippen molar-refractivity contribution in [3.8, 4) is 11.3 Å². The molecule has 3 aromatic rings. The SMILES string of the molecule is O=C(Nc1scnc1-c1ccc(F)cc1)C1CC1c1ccco1. The number of halogens is 1. The molecule has 1 aliphatic carbocycles. The summed E-state index contributed by atoms with van der Waals surface area (Å²) in [6.07, 6.45) is 2.42. The number of nitrogens with zero attached hydrogens (tertiary/aromatic N) is 1. The summed E-state index contributed by atoms with van der Waals surface area (Å²) >= 11 is 1.36. The van der Waals surface area contributed by atoms with Gasteiger partial charge in [0.2, 0.25) is 5.91 Å². The molecule has 1 amide bonds. The summed E-state index contributed by atoms with van der Waals surface area (Å²) in [7, 11) is 0. The van der Waals surface area contributed by atoms with Crippen molar-refractivity contribution >= 4 is 22.2 Å². The number of anilines is 1. The van der Waals surface area contributed by atoms with Crippen LogP contribution in [0.15, 0.2) is 52.6 Å². The van der Waals surface area contributed by atoms with Crippen molar-refractivity contribution in [3.63, 3.8) is 0 Å². The second kappa shape index (κ2) is 5.62. The number of thiazole rings is 1. The molecule has 2 aromatic heterocycles. The van der Waals surface area contributed by atoms with Crippen molar-refractivity contribution in [2.75, 3.05) is 5.32 Å². The molecule has 0 aliphatic heterocycles. The summed E-state index contributed by atoms with van der Waals surface area (Å²) in [6.45, 7) is 0. The summed E-state index contributed by atoms with van der Waals surface area (Å²) in [4.78, 5) is 16.7. The van der Waals surface area contributed by atoms with E-state index < -0.39 is 0 Å². The minimum atomic E-state index is -0.297. The molecule has 0 saturated heterocycles. The van der Waals surface area contributed by atoms with E-state index in [1.54, 1.807) is 23.9 Å². The molecule has 116 valence electrons. The molecule has 2 heterocycles. The highest BCUT2D eigenvalue weighted by molar-refractivity contribution is 7.14. The van der Waals surface area contributed by atoms with Gasteiger partial charge in [-0.2, -0.15) is 0 Å². The largest absolute Gasteiger partial charge is 0.469 e. The minimum Gasteiger partial charge on any atom is -0.469 e. The van der Waals surface area contributed by atoms with Crippen LogP contribution >= 0.6 is 11.3 Å². The van der Waals surface area contributed by atoms with Crippen molar-refractivity contribution in [2.45, 2.75) is 12.3 Å². The van der Waals surface area contributed by atoms with E-state index in [-0.39, 0.29) is 23.6 Å². The molecule has 0 spiro atoms. The van der Waals surface area contributed by atoms with Gasteiger partial charge >= 0.3 is 0 Å². The quantitative estimate of drug-likeness (QED) is 0.777. The second-order valence-corrected chi connectivity index (χ2v) is 6.35. The van der Waals surface area contributed by atoms with E-state index in [0.717, 1.165) is 17.7 Å². The van der Waals surface area contributed by atoms with Crippen molar-refractivity contribution < 1.29 is 13.6 Å². The molecule has 0 bridgehead atoms. The molecule has 2 unspecified atom stereocenters. The van der Waals surface area contributed by atoms with E-state index in [2.05, 4.69) is 10.3 Å². The van der Waals surface area contributed by atoms with Crippen molar-refractivity contribution in [1.29, 1.82) is 0 Å². The van der Waals surface area contributed by atoms with Crippen molar-refractivity contribution in [1.82, 2.24) is 4.98 Å². The van der Waals surface area contributed by atoms with Crippen molar-refractivity contribution in [2.24, 2.45) is 5.92 Å². The number of carbonyl (C=O) groups is 1. The molecule has 6 heteroatoms. The summed E-state index contributed by atoms with van der Waals surface area (Å²) in [6, 6.07) is 9.81. The molecule has 1 aromatic carbocycles. The predicted octanol–water partition coefficient (Wildman–Crippen LogP) is 4.28. The number of benzene rings is 1. The number of nitrogens with one attached hydrogen (secondary N) is 1. The molecule has 1 N–H and O–H groups in total. The van der Waals surface area contributed by atoms with Crippen molar-refractivity contribution in [3.05, 3.63) is 59.7 Å². The normalized spacial score (nSPS) is 19.5. The first kappa shape index (κ1) is 14.1. The third kappa shape index (κ3) is 2.77. The lowest BCUT2D eigenvalue weighted by molar-refractivity contribution is -0.117. The van der Waals surface area contributed by atoms with E-state index in [9.17, 15) is 9.18 Å². The lowest BCUT2D eigenvalue weighted by atomic mass is 10.1. The van der Waals surface area contributed by atoms with Gasteiger partial charge in [0.25, 0.3) is 0 Å². The van der Waals surface area contributed by atoms with Gasteiger partial charge in [-0.3, -0.25) is 4.79 Å². The van der Waals surface area contributed by atoms with Crippen LogP contribution < -0.4 is 5.32 Å². The van der Waals surface area contributed by atoms with E-state index >= 15 is 0 Å². The van der Waals surface area contributed by atoms with Gasteiger partial charge in [0.15, 0.2) is 0 Å². The Hall–Kier alpha value is -2.47. The lowest BCUT2D eigenvalue weighted by Gasteiger charge is -2.05.